The summed E-state index contributed by atoms with van der Waals surface area (Å²) >= 11 is -1.79. The van der Waals surface area contributed by atoms with E-state index in [1.807, 2.05) is 36.4 Å². The van der Waals surface area contributed by atoms with Crippen molar-refractivity contribution in [3.05, 3.63) is 126 Å². The molecule has 0 saturated carbocycles. The Morgan fingerprint density at radius 1 is 0.758 bits per heavy atom. The minimum absolute atomic E-state index is 0.280. The zero-order chi connectivity index (χ0) is 23.5. The van der Waals surface area contributed by atoms with Crippen LogP contribution in [0.1, 0.15) is 47.2 Å². The van der Waals surface area contributed by atoms with Crippen molar-refractivity contribution in [1.29, 1.82) is 0 Å². The van der Waals surface area contributed by atoms with Gasteiger partial charge < -0.3 is 0 Å². The monoisotopic (exact) mass is 469 g/mol. The molecule has 1 nitrogen and oxygen atoms in total. The maximum atomic E-state index is 4.10. The number of allylic oxidation sites excluding steroid dienone is 3. The van der Waals surface area contributed by atoms with Crippen LogP contribution in [0.2, 0.25) is 9.45 Å². The molecule has 0 amide bonds. The molecule has 1 unspecified atom stereocenters. The molecule has 1 aliphatic carbocycles. The molecule has 1 atom stereocenters. The van der Waals surface area contributed by atoms with Crippen LogP contribution in [-0.4, -0.2) is 5.54 Å². The summed E-state index contributed by atoms with van der Waals surface area (Å²) in [7, 11) is 0. The van der Waals surface area contributed by atoms with Crippen molar-refractivity contribution < 1.29 is 16.8 Å². The van der Waals surface area contributed by atoms with Gasteiger partial charge in [0.05, 0.1) is 0 Å². The first-order chi connectivity index (χ1) is 15.8. The zero-order valence-corrected chi connectivity index (χ0v) is 21.7. The van der Waals surface area contributed by atoms with E-state index in [2.05, 4.69) is 98.4 Å². The molecule has 3 aromatic carbocycles. The molecule has 1 N–H and O–H groups in total. The predicted octanol–water partition coefficient (Wildman–Crippen LogP) is 8.47. The third kappa shape index (κ3) is 5.73. The first-order valence-electron chi connectivity index (χ1n) is 11.8. The third-order valence-electron chi connectivity index (χ3n) is 6.42. The molecule has 0 bridgehead atoms. The fraction of sp³-hybridized carbons (Fsp3) is 0.226. The van der Waals surface area contributed by atoms with Gasteiger partial charge in [0.15, 0.2) is 0 Å². The number of benzene rings is 3. The van der Waals surface area contributed by atoms with E-state index in [0.717, 1.165) is 26.5 Å². The Morgan fingerprint density at radius 3 is 1.73 bits per heavy atom. The summed E-state index contributed by atoms with van der Waals surface area (Å²) in [4.78, 5) is 0. The first kappa shape index (κ1) is 23.7. The molecule has 0 spiro atoms. The number of rotatable bonds is 5. The number of nitrogens with one attached hydrogen (secondary N) is 1. The Morgan fingerprint density at radius 2 is 1.24 bits per heavy atom. The summed E-state index contributed by atoms with van der Waals surface area (Å²) < 4.78 is 7.75. The van der Waals surface area contributed by atoms with Crippen molar-refractivity contribution in [3.8, 4) is 0 Å². The predicted molar refractivity (Wildman–Crippen MR) is 142 cm³/mol. The van der Waals surface area contributed by atoms with Crippen LogP contribution in [-0.2, 0) is 16.8 Å². The molecule has 1 aliphatic heterocycles. The van der Waals surface area contributed by atoms with Gasteiger partial charge in [0.25, 0.3) is 0 Å². The van der Waals surface area contributed by atoms with Gasteiger partial charge in [-0.15, -0.1) is 0 Å². The molecule has 2 heteroatoms. The standard InChI is InChI=1S/C16H14.C9H7.C4H10N.C2H4.Ti/c1-13(15-9-5-3-6-10-15)14(2)16-11-7-4-8-12-16;1-2-5-9-7-3-6-8(9)4-1;1-4(2,3)5;1-2;/h3-12H,1-2H2;1-7H;5H,1-3H3;1-2H2;/q;;-1;;+1. The van der Waals surface area contributed by atoms with Crippen LogP contribution >= 0.6 is 0 Å². The van der Waals surface area contributed by atoms with Gasteiger partial charge in [-0.2, -0.15) is 0 Å². The average molecular weight is 469 g/mol. The third-order valence-corrected chi connectivity index (χ3v) is 13.5. The van der Waals surface area contributed by atoms with Crippen LogP contribution in [0.4, 0.5) is 0 Å². The normalized spacial score (nSPS) is 17.5. The molecule has 1 saturated heterocycles. The molecule has 168 valence electrons. The van der Waals surface area contributed by atoms with Gasteiger partial charge >= 0.3 is 108 Å². The summed E-state index contributed by atoms with van der Waals surface area (Å²) in [6.45, 7) is 15.1. The average Bonchev–Trinajstić information content (AvgIpc) is 3.44. The van der Waals surface area contributed by atoms with Gasteiger partial charge in [-0.1, -0.05) is 73.8 Å². The van der Waals surface area contributed by atoms with E-state index in [-0.39, 0.29) is 5.54 Å². The Bertz CT molecular complexity index is 1100. The first-order valence-corrected chi connectivity index (χ1v) is 15.7. The van der Waals surface area contributed by atoms with E-state index in [9.17, 15) is 0 Å². The molecule has 0 radical (unpaired) electrons. The van der Waals surface area contributed by atoms with E-state index in [0.29, 0.717) is 0 Å². The fourth-order valence-corrected chi connectivity index (χ4v) is 12.9. The zero-order valence-electron chi connectivity index (χ0n) is 20.1. The molecular formula is C31H35NTi. The van der Waals surface area contributed by atoms with Crippen LogP contribution in [0.3, 0.4) is 0 Å². The van der Waals surface area contributed by atoms with Crippen LogP contribution < -0.4 is 3.80 Å². The Balaban J connectivity index is 0.000000157. The number of hydrogen-bond acceptors (Lipinski definition) is 1. The summed E-state index contributed by atoms with van der Waals surface area (Å²) in [6, 6.07) is 29.2. The quantitative estimate of drug-likeness (QED) is 0.292. The van der Waals surface area contributed by atoms with Crippen molar-refractivity contribution in [1.82, 2.24) is 3.80 Å². The van der Waals surface area contributed by atoms with Gasteiger partial charge in [0.2, 0.25) is 0 Å². The van der Waals surface area contributed by atoms with Gasteiger partial charge in [0.1, 0.15) is 0 Å². The van der Waals surface area contributed by atoms with Crippen LogP contribution in [0.5, 0.6) is 0 Å². The van der Waals surface area contributed by atoms with E-state index in [1.54, 1.807) is 5.56 Å². The SMILES string of the molecule is C=C(C(=C)c1ccccc1)c1ccccc1.CC(C)(C)[NH][Ti]1([CH]2C=Cc3ccccc32)[CH2][CH2]1. The molecule has 5 rings (SSSR count). The maximum absolute atomic E-state index is 4.10. The van der Waals surface area contributed by atoms with Crippen LogP contribution in [0, 0.1) is 0 Å². The van der Waals surface area contributed by atoms with Gasteiger partial charge in [-0.05, 0) is 22.3 Å². The van der Waals surface area contributed by atoms with Gasteiger partial charge in [-0.3, -0.25) is 0 Å². The van der Waals surface area contributed by atoms with E-state index in [4.69, 9.17) is 0 Å². The summed E-state index contributed by atoms with van der Waals surface area (Å²) in [5.41, 5.74) is 7.51. The van der Waals surface area contributed by atoms with Crippen molar-refractivity contribution in [3.63, 3.8) is 0 Å². The Hall–Kier alpha value is -2.45. The van der Waals surface area contributed by atoms with Crippen LogP contribution in [0.25, 0.3) is 17.2 Å². The van der Waals surface area contributed by atoms with E-state index < -0.39 is 16.8 Å². The minimum atomic E-state index is -1.79. The Kier molecular flexibility index (Phi) is 7.05. The van der Waals surface area contributed by atoms with Crippen molar-refractivity contribution >= 4 is 17.2 Å². The van der Waals surface area contributed by atoms with Gasteiger partial charge in [0, 0.05) is 0 Å². The summed E-state index contributed by atoms with van der Waals surface area (Å²) in [6.07, 6.45) is 4.80. The topological polar surface area (TPSA) is 12.0 Å². The molecule has 1 fully saturated rings. The summed E-state index contributed by atoms with van der Waals surface area (Å²) in [5, 5.41) is 0. The Labute approximate surface area is 203 Å². The molecule has 1 heterocycles. The molecule has 33 heavy (non-hydrogen) atoms. The van der Waals surface area contributed by atoms with Crippen molar-refractivity contribution in [2.24, 2.45) is 0 Å². The van der Waals surface area contributed by atoms with Crippen molar-refractivity contribution in [2.75, 3.05) is 0 Å². The molecule has 2 aliphatic rings. The molecule has 3 aromatic rings. The molecular weight excluding hydrogens is 434 g/mol. The fourth-order valence-electron chi connectivity index (χ4n) is 4.75. The number of hydrogen-bond donors (Lipinski definition) is 1. The van der Waals surface area contributed by atoms with E-state index in [1.165, 1.54) is 15.0 Å². The van der Waals surface area contributed by atoms with E-state index >= 15 is 0 Å². The second-order valence-electron chi connectivity index (χ2n) is 10.2. The van der Waals surface area contributed by atoms with Crippen molar-refractivity contribution in [2.45, 2.75) is 40.0 Å². The number of fused-ring (bicyclic) bond motifs is 1. The van der Waals surface area contributed by atoms with Gasteiger partial charge in [-0.25, -0.2) is 0 Å². The van der Waals surface area contributed by atoms with Crippen LogP contribution in [0.15, 0.2) is 104 Å². The second kappa shape index (κ2) is 9.81. The second-order valence-corrected chi connectivity index (χ2v) is 16.7. The molecule has 0 aromatic heterocycles. The summed E-state index contributed by atoms with van der Waals surface area (Å²) in [5.74, 6) is 0.